The van der Waals surface area contributed by atoms with E-state index in [0.29, 0.717) is 24.8 Å². The number of carbonyl (C=O) groups is 2. The van der Waals surface area contributed by atoms with Crippen LogP contribution in [0.5, 0.6) is 0 Å². The molecule has 2 rings (SSSR count). The minimum absolute atomic E-state index is 0.124. The molecule has 0 radical (unpaired) electrons. The van der Waals surface area contributed by atoms with Crippen LogP contribution in [0.15, 0.2) is 0 Å². The van der Waals surface area contributed by atoms with Gasteiger partial charge in [-0.15, -0.1) is 0 Å². The van der Waals surface area contributed by atoms with Gasteiger partial charge in [0.2, 0.25) is 11.8 Å². The summed E-state index contributed by atoms with van der Waals surface area (Å²) in [6.07, 6.45) is 3.00. The molecule has 0 aromatic heterocycles. The maximum absolute atomic E-state index is 11.3. The van der Waals surface area contributed by atoms with Crippen molar-refractivity contribution in [3.8, 4) is 0 Å². The van der Waals surface area contributed by atoms with E-state index in [4.69, 9.17) is 5.84 Å². The van der Waals surface area contributed by atoms with E-state index in [0.717, 1.165) is 25.9 Å². The lowest BCUT2D eigenvalue weighted by molar-refractivity contribution is -0.125. The molecule has 0 aliphatic carbocycles. The number of carbonyl (C=O) groups excluding carboxylic acids is 2. The zero-order valence-electron chi connectivity index (χ0n) is 10.8. The second-order valence-electron chi connectivity index (χ2n) is 5.38. The standard InChI is InChI=1S/C12H22N4O2/c1-8(6-12(18)15-13)16-5-4-10-9(7-16)2-3-11(17)14-10/h8-10H,2-7,13H2,1H3,(H,14,17)(H,15,18). The van der Waals surface area contributed by atoms with Crippen LogP contribution >= 0.6 is 0 Å². The second kappa shape index (κ2) is 5.67. The van der Waals surface area contributed by atoms with Gasteiger partial charge in [-0.25, -0.2) is 5.84 Å². The van der Waals surface area contributed by atoms with E-state index in [1.54, 1.807) is 0 Å². The number of hydrogen-bond donors (Lipinski definition) is 3. The molecule has 18 heavy (non-hydrogen) atoms. The van der Waals surface area contributed by atoms with E-state index < -0.39 is 0 Å². The van der Waals surface area contributed by atoms with Gasteiger partial charge in [-0.3, -0.25) is 19.9 Å². The number of hydrazine groups is 1. The third-order valence-corrected chi connectivity index (χ3v) is 4.12. The quantitative estimate of drug-likeness (QED) is 0.355. The van der Waals surface area contributed by atoms with E-state index in [2.05, 4.69) is 22.6 Å². The molecule has 2 fully saturated rings. The molecule has 0 spiro atoms. The Balaban J connectivity index is 1.86. The summed E-state index contributed by atoms with van der Waals surface area (Å²) in [6.45, 7) is 3.95. The Kier molecular flexibility index (Phi) is 4.19. The average molecular weight is 254 g/mol. The summed E-state index contributed by atoms with van der Waals surface area (Å²) in [7, 11) is 0. The first-order valence-electron chi connectivity index (χ1n) is 6.63. The van der Waals surface area contributed by atoms with Gasteiger partial charge in [0.1, 0.15) is 0 Å². The molecule has 0 bridgehead atoms. The smallest absolute Gasteiger partial charge is 0.235 e. The second-order valence-corrected chi connectivity index (χ2v) is 5.38. The van der Waals surface area contributed by atoms with E-state index in [9.17, 15) is 9.59 Å². The molecule has 2 saturated heterocycles. The first kappa shape index (κ1) is 13.3. The van der Waals surface area contributed by atoms with Crippen LogP contribution in [-0.2, 0) is 9.59 Å². The summed E-state index contributed by atoms with van der Waals surface area (Å²) >= 11 is 0. The fourth-order valence-electron chi connectivity index (χ4n) is 2.99. The minimum atomic E-state index is -0.124. The summed E-state index contributed by atoms with van der Waals surface area (Å²) in [5, 5.41) is 3.06. The molecule has 0 saturated carbocycles. The highest BCUT2D eigenvalue weighted by Gasteiger charge is 2.35. The highest BCUT2D eigenvalue weighted by molar-refractivity contribution is 5.77. The van der Waals surface area contributed by atoms with Gasteiger partial charge < -0.3 is 5.32 Å². The molecule has 0 aromatic carbocycles. The van der Waals surface area contributed by atoms with Crippen LogP contribution < -0.4 is 16.6 Å². The summed E-state index contributed by atoms with van der Waals surface area (Å²) in [4.78, 5) is 24.9. The van der Waals surface area contributed by atoms with Crippen LogP contribution in [0.2, 0.25) is 0 Å². The molecule has 3 unspecified atom stereocenters. The largest absolute Gasteiger partial charge is 0.353 e. The molecule has 6 nitrogen and oxygen atoms in total. The molecule has 2 aliphatic heterocycles. The highest BCUT2D eigenvalue weighted by Crippen LogP contribution is 2.26. The molecular formula is C12H22N4O2. The van der Waals surface area contributed by atoms with Crippen LogP contribution in [0.1, 0.15) is 32.6 Å². The van der Waals surface area contributed by atoms with Gasteiger partial charge in [-0.2, -0.15) is 0 Å². The number of likely N-dealkylation sites (tertiary alicyclic amines) is 1. The molecule has 2 amide bonds. The van der Waals surface area contributed by atoms with Gasteiger partial charge in [0.05, 0.1) is 0 Å². The normalized spacial score (nSPS) is 30.2. The molecular weight excluding hydrogens is 232 g/mol. The van der Waals surface area contributed by atoms with E-state index in [1.165, 1.54) is 0 Å². The van der Waals surface area contributed by atoms with E-state index >= 15 is 0 Å². The number of piperidine rings is 2. The SMILES string of the molecule is CC(CC(=O)NN)N1CCC2NC(=O)CCC2C1. The van der Waals surface area contributed by atoms with Gasteiger partial charge in [0.25, 0.3) is 0 Å². The maximum Gasteiger partial charge on any atom is 0.235 e. The van der Waals surface area contributed by atoms with Crippen molar-refractivity contribution in [1.82, 2.24) is 15.6 Å². The summed E-state index contributed by atoms with van der Waals surface area (Å²) < 4.78 is 0. The van der Waals surface area contributed by atoms with Crippen LogP contribution in [0.25, 0.3) is 0 Å². The van der Waals surface area contributed by atoms with Gasteiger partial charge in [0, 0.05) is 38.0 Å². The molecule has 0 aromatic rings. The lowest BCUT2D eigenvalue weighted by Gasteiger charge is -2.43. The molecule has 2 aliphatic rings. The molecule has 2 heterocycles. The van der Waals surface area contributed by atoms with Crippen molar-refractivity contribution >= 4 is 11.8 Å². The molecule has 4 N–H and O–H groups in total. The van der Waals surface area contributed by atoms with Crippen molar-refractivity contribution in [2.45, 2.75) is 44.7 Å². The summed E-state index contributed by atoms with van der Waals surface area (Å²) in [6, 6.07) is 0.533. The van der Waals surface area contributed by atoms with Crippen molar-refractivity contribution in [3.63, 3.8) is 0 Å². The minimum Gasteiger partial charge on any atom is -0.353 e. The molecule has 6 heteroatoms. The Morgan fingerprint density at radius 1 is 1.61 bits per heavy atom. The Labute approximate surface area is 107 Å². The number of amides is 2. The van der Waals surface area contributed by atoms with Crippen LogP contribution in [-0.4, -0.2) is 41.9 Å². The fraction of sp³-hybridized carbons (Fsp3) is 0.833. The first-order valence-corrected chi connectivity index (χ1v) is 6.63. The van der Waals surface area contributed by atoms with Crippen molar-refractivity contribution in [3.05, 3.63) is 0 Å². The Morgan fingerprint density at radius 2 is 2.39 bits per heavy atom. The van der Waals surface area contributed by atoms with Crippen molar-refractivity contribution in [1.29, 1.82) is 0 Å². The lowest BCUT2D eigenvalue weighted by atomic mass is 9.84. The Hall–Kier alpha value is -1.14. The number of hydrogen-bond acceptors (Lipinski definition) is 4. The summed E-state index contributed by atoms with van der Waals surface area (Å²) in [5.41, 5.74) is 2.17. The van der Waals surface area contributed by atoms with Crippen LogP contribution in [0.3, 0.4) is 0 Å². The van der Waals surface area contributed by atoms with E-state index in [-0.39, 0.29) is 17.9 Å². The zero-order chi connectivity index (χ0) is 13.1. The van der Waals surface area contributed by atoms with Gasteiger partial charge in [-0.1, -0.05) is 0 Å². The monoisotopic (exact) mass is 254 g/mol. The van der Waals surface area contributed by atoms with Crippen molar-refractivity contribution < 1.29 is 9.59 Å². The van der Waals surface area contributed by atoms with Gasteiger partial charge in [-0.05, 0) is 25.7 Å². The number of fused-ring (bicyclic) bond motifs is 1. The van der Waals surface area contributed by atoms with Crippen molar-refractivity contribution in [2.24, 2.45) is 11.8 Å². The lowest BCUT2D eigenvalue weighted by Crippen LogP contribution is -2.56. The first-order chi connectivity index (χ1) is 8.60. The van der Waals surface area contributed by atoms with Crippen LogP contribution in [0, 0.1) is 5.92 Å². The average Bonchev–Trinajstić information content (AvgIpc) is 2.37. The third kappa shape index (κ3) is 3.00. The Bertz CT molecular complexity index is 334. The zero-order valence-corrected chi connectivity index (χ0v) is 10.8. The number of nitrogens with two attached hydrogens (primary N) is 1. The number of nitrogens with one attached hydrogen (secondary N) is 2. The van der Waals surface area contributed by atoms with E-state index in [1.807, 2.05) is 0 Å². The van der Waals surface area contributed by atoms with Crippen LogP contribution in [0.4, 0.5) is 0 Å². The summed E-state index contributed by atoms with van der Waals surface area (Å²) in [5.74, 6) is 5.69. The molecule has 102 valence electrons. The predicted molar refractivity (Wildman–Crippen MR) is 67.3 cm³/mol. The third-order valence-electron chi connectivity index (χ3n) is 4.12. The van der Waals surface area contributed by atoms with Crippen molar-refractivity contribution in [2.75, 3.05) is 13.1 Å². The van der Waals surface area contributed by atoms with Gasteiger partial charge >= 0.3 is 0 Å². The Morgan fingerprint density at radius 3 is 3.11 bits per heavy atom. The van der Waals surface area contributed by atoms with Gasteiger partial charge in [0.15, 0.2) is 0 Å². The fourth-order valence-corrected chi connectivity index (χ4v) is 2.99. The highest BCUT2D eigenvalue weighted by atomic mass is 16.2. The topological polar surface area (TPSA) is 87.5 Å². The maximum atomic E-state index is 11.3. The number of nitrogens with zero attached hydrogens (tertiary/aromatic N) is 1. The molecule has 3 atom stereocenters. The number of rotatable bonds is 3. The predicted octanol–water partition coefficient (Wildman–Crippen LogP) is -0.645.